The normalized spacial score (nSPS) is 10.5. The van der Waals surface area contributed by atoms with Gasteiger partial charge in [0, 0.05) is 0 Å². The predicted molar refractivity (Wildman–Crippen MR) is 65.2 cm³/mol. The highest BCUT2D eigenvalue weighted by Gasteiger charge is 2.10. The summed E-state index contributed by atoms with van der Waals surface area (Å²) in [6, 6.07) is 6.27. The first-order valence-corrected chi connectivity index (χ1v) is 6.61. The van der Waals surface area contributed by atoms with Gasteiger partial charge in [0.25, 0.3) is 10.1 Å². The lowest BCUT2D eigenvalue weighted by Crippen LogP contribution is -2.09. The second kappa shape index (κ2) is 7.38. The highest BCUT2D eigenvalue weighted by atomic mass is 32.2. The Morgan fingerprint density at radius 1 is 1.19 bits per heavy atom. The van der Waals surface area contributed by atoms with Crippen LogP contribution in [0, 0.1) is 6.92 Å². The predicted octanol–water partition coefficient (Wildman–Crippen LogP) is 1.86. The Balaban J connectivity index is 0.000000385. The van der Waals surface area contributed by atoms with Gasteiger partial charge in [-0.25, -0.2) is 0 Å². The van der Waals surface area contributed by atoms with E-state index in [1.807, 2.05) is 0 Å². The Kier molecular flexibility index (Phi) is 6.96. The lowest BCUT2D eigenvalue weighted by molar-refractivity contribution is 0.482. The van der Waals surface area contributed by atoms with E-state index in [0.29, 0.717) is 5.56 Å². The first-order valence-electron chi connectivity index (χ1n) is 5.17. The molecule has 0 amide bonds. The molecule has 5 heteroatoms. The fraction of sp³-hybridized carbons (Fsp3) is 0.455. The molecule has 1 rings (SSSR count). The smallest absolute Gasteiger partial charge is 0.294 e. The number of hydrogen-bond donors (Lipinski definition) is 2. The summed E-state index contributed by atoms with van der Waals surface area (Å²) in [5.41, 5.74) is 0.551. The highest BCUT2D eigenvalue weighted by Crippen LogP contribution is 2.12. The molecule has 0 aromatic heterocycles. The zero-order valence-electron chi connectivity index (χ0n) is 9.90. The molecule has 0 aliphatic heterocycles. The van der Waals surface area contributed by atoms with Gasteiger partial charge in [-0.15, -0.1) is 0 Å². The summed E-state index contributed by atoms with van der Waals surface area (Å²) in [7, 11) is -4.03. The number of benzene rings is 1. The third kappa shape index (κ3) is 5.85. The maximum Gasteiger partial charge on any atom is 0.294 e. The SMILES string of the molecule is CCNCC.Cc1ccccc1S(=O)(=O)O. The molecule has 92 valence electrons. The summed E-state index contributed by atoms with van der Waals surface area (Å²) in [4.78, 5) is -0.0278. The van der Waals surface area contributed by atoms with Crippen LogP contribution in [-0.4, -0.2) is 26.1 Å². The fourth-order valence-electron chi connectivity index (χ4n) is 1.10. The van der Waals surface area contributed by atoms with E-state index in [1.54, 1.807) is 25.1 Å². The summed E-state index contributed by atoms with van der Waals surface area (Å²) in [6.07, 6.45) is 0. The lowest BCUT2D eigenvalue weighted by Gasteiger charge is -1.99. The molecule has 16 heavy (non-hydrogen) atoms. The second-order valence-electron chi connectivity index (χ2n) is 3.20. The molecular weight excluding hydrogens is 226 g/mol. The minimum atomic E-state index is -4.03. The lowest BCUT2D eigenvalue weighted by atomic mass is 10.2. The van der Waals surface area contributed by atoms with Crippen LogP contribution < -0.4 is 5.32 Å². The van der Waals surface area contributed by atoms with Crippen LogP contribution in [0.25, 0.3) is 0 Å². The molecule has 1 aromatic carbocycles. The van der Waals surface area contributed by atoms with Crippen LogP contribution in [0.4, 0.5) is 0 Å². The summed E-state index contributed by atoms with van der Waals surface area (Å²) in [6.45, 7) is 8.02. The van der Waals surface area contributed by atoms with Gasteiger partial charge in [0.2, 0.25) is 0 Å². The number of nitrogens with one attached hydrogen (secondary N) is 1. The average Bonchev–Trinajstić information content (AvgIpc) is 2.19. The summed E-state index contributed by atoms with van der Waals surface area (Å²) in [5.74, 6) is 0. The number of hydrogen-bond acceptors (Lipinski definition) is 3. The second-order valence-corrected chi connectivity index (χ2v) is 4.59. The monoisotopic (exact) mass is 245 g/mol. The van der Waals surface area contributed by atoms with Crippen LogP contribution in [0.5, 0.6) is 0 Å². The van der Waals surface area contributed by atoms with Gasteiger partial charge in [-0.1, -0.05) is 32.0 Å². The van der Waals surface area contributed by atoms with Gasteiger partial charge in [0.15, 0.2) is 0 Å². The molecule has 0 fully saturated rings. The maximum atomic E-state index is 10.6. The van der Waals surface area contributed by atoms with Crippen LogP contribution in [-0.2, 0) is 10.1 Å². The standard InChI is InChI=1S/C7H8O3S.C4H11N/c1-6-4-2-3-5-7(6)11(8,9)10;1-3-5-4-2/h2-5H,1H3,(H,8,9,10);5H,3-4H2,1-2H3. The van der Waals surface area contributed by atoms with Gasteiger partial charge in [0.1, 0.15) is 0 Å². The minimum Gasteiger partial charge on any atom is -0.317 e. The van der Waals surface area contributed by atoms with Gasteiger partial charge < -0.3 is 5.32 Å². The zero-order chi connectivity index (χ0) is 12.6. The Labute approximate surface area is 97.4 Å². The van der Waals surface area contributed by atoms with Crippen molar-refractivity contribution in [3.8, 4) is 0 Å². The first-order chi connectivity index (χ1) is 7.43. The molecule has 2 N–H and O–H groups in total. The molecule has 0 spiro atoms. The van der Waals surface area contributed by atoms with E-state index in [1.165, 1.54) is 6.07 Å². The van der Waals surface area contributed by atoms with E-state index in [9.17, 15) is 8.42 Å². The van der Waals surface area contributed by atoms with E-state index < -0.39 is 10.1 Å². The van der Waals surface area contributed by atoms with Crippen LogP contribution in [0.1, 0.15) is 19.4 Å². The molecule has 0 aliphatic rings. The minimum absolute atomic E-state index is 0.0278. The Morgan fingerprint density at radius 2 is 1.69 bits per heavy atom. The van der Waals surface area contributed by atoms with Gasteiger partial charge in [-0.3, -0.25) is 4.55 Å². The summed E-state index contributed by atoms with van der Waals surface area (Å²) < 4.78 is 29.9. The van der Waals surface area contributed by atoms with E-state index in [4.69, 9.17) is 4.55 Å². The van der Waals surface area contributed by atoms with Crippen molar-refractivity contribution in [1.29, 1.82) is 0 Å². The fourth-order valence-corrected chi connectivity index (χ4v) is 1.82. The molecule has 1 aromatic rings. The quantitative estimate of drug-likeness (QED) is 0.798. The van der Waals surface area contributed by atoms with Gasteiger partial charge in [0.05, 0.1) is 4.90 Å². The summed E-state index contributed by atoms with van der Waals surface area (Å²) >= 11 is 0. The van der Waals surface area contributed by atoms with E-state index in [-0.39, 0.29) is 4.90 Å². The van der Waals surface area contributed by atoms with E-state index >= 15 is 0 Å². The topological polar surface area (TPSA) is 66.4 Å². The zero-order valence-corrected chi connectivity index (χ0v) is 10.7. The maximum absolute atomic E-state index is 10.6. The Bertz CT molecular complexity index is 399. The molecular formula is C11H19NO3S. The van der Waals surface area contributed by atoms with Crippen molar-refractivity contribution in [3.05, 3.63) is 29.8 Å². The van der Waals surface area contributed by atoms with Crippen LogP contribution in [0.3, 0.4) is 0 Å². The highest BCUT2D eigenvalue weighted by molar-refractivity contribution is 7.85. The van der Waals surface area contributed by atoms with Gasteiger partial charge in [-0.2, -0.15) is 8.42 Å². The van der Waals surface area contributed by atoms with Gasteiger partial charge in [-0.05, 0) is 31.6 Å². The molecule has 4 nitrogen and oxygen atoms in total. The Morgan fingerprint density at radius 3 is 1.94 bits per heavy atom. The van der Waals surface area contributed by atoms with Crippen LogP contribution >= 0.6 is 0 Å². The van der Waals surface area contributed by atoms with E-state index in [0.717, 1.165) is 13.1 Å². The van der Waals surface area contributed by atoms with Crippen molar-refractivity contribution in [2.45, 2.75) is 25.7 Å². The van der Waals surface area contributed by atoms with Crippen LogP contribution in [0.2, 0.25) is 0 Å². The van der Waals surface area contributed by atoms with Crippen molar-refractivity contribution < 1.29 is 13.0 Å². The molecule has 0 radical (unpaired) electrons. The molecule has 0 aliphatic carbocycles. The summed E-state index contributed by atoms with van der Waals surface area (Å²) in [5, 5.41) is 3.11. The molecule has 0 heterocycles. The molecule has 0 bridgehead atoms. The molecule has 0 atom stereocenters. The third-order valence-corrected chi connectivity index (χ3v) is 2.89. The average molecular weight is 245 g/mol. The van der Waals surface area contributed by atoms with Crippen molar-refractivity contribution >= 4 is 10.1 Å². The largest absolute Gasteiger partial charge is 0.317 e. The van der Waals surface area contributed by atoms with Crippen molar-refractivity contribution in [2.75, 3.05) is 13.1 Å². The third-order valence-electron chi connectivity index (χ3n) is 1.87. The van der Waals surface area contributed by atoms with Gasteiger partial charge >= 0.3 is 0 Å². The number of aryl methyl sites for hydroxylation is 1. The first kappa shape index (κ1) is 15.1. The molecule has 0 saturated carbocycles. The molecule has 0 saturated heterocycles. The number of rotatable bonds is 3. The van der Waals surface area contributed by atoms with Crippen LogP contribution in [0.15, 0.2) is 29.2 Å². The Hall–Kier alpha value is -0.910. The van der Waals surface area contributed by atoms with E-state index in [2.05, 4.69) is 19.2 Å². The van der Waals surface area contributed by atoms with Crippen molar-refractivity contribution in [2.24, 2.45) is 0 Å². The van der Waals surface area contributed by atoms with Crippen molar-refractivity contribution in [3.63, 3.8) is 0 Å². The molecule has 0 unspecified atom stereocenters. The van der Waals surface area contributed by atoms with Crippen molar-refractivity contribution in [1.82, 2.24) is 5.32 Å².